The van der Waals surface area contributed by atoms with Crippen LogP contribution in [0.4, 0.5) is 5.69 Å². The first-order valence-electron chi connectivity index (χ1n) is 6.32. The topological polar surface area (TPSA) is 71.9 Å². The van der Waals surface area contributed by atoms with Gasteiger partial charge in [0.2, 0.25) is 0 Å². The van der Waals surface area contributed by atoms with Gasteiger partial charge < -0.3 is 0 Å². The molecule has 1 N–H and O–H groups in total. The number of benzene rings is 2. The minimum Gasteiger partial charge on any atom is -0.286 e. The summed E-state index contributed by atoms with van der Waals surface area (Å²) in [6.07, 6.45) is 0. The van der Waals surface area contributed by atoms with Crippen LogP contribution in [0.2, 0.25) is 5.02 Å². The van der Waals surface area contributed by atoms with Gasteiger partial charge in [0.1, 0.15) is 0 Å². The summed E-state index contributed by atoms with van der Waals surface area (Å²) in [6, 6.07) is 13.5. The molecular formula is C15H10ClN3O2S. The number of hydrogen-bond donors (Lipinski definition) is 1. The van der Waals surface area contributed by atoms with E-state index in [1.165, 1.54) is 23.5 Å². The Morgan fingerprint density at radius 3 is 2.32 bits per heavy atom. The van der Waals surface area contributed by atoms with Gasteiger partial charge in [0.15, 0.2) is 4.80 Å². The molecule has 7 heteroatoms. The van der Waals surface area contributed by atoms with Crippen molar-refractivity contribution in [2.75, 3.05) is 0 Å². The van der Waals surface area contributed by atoms with Gasteiger partial charge in [-0.15, -0.1) is 11.3 Å². The number of rotatable bonds is 3. The molecule has 1 aromatic heterocycles. The molecule has 0 saturated carbocycles. The minimum atomic E-state index is -0.441. The molecule has 1 heterocycles. The number of non-ortho nitro benzene ring substituents is 1. The van der Waals surface area contributed by atoms with Gasteiger partial charge >= 0.3 is 0 Å². The van der Waals surface area contributed by atoms with Crippen LogP contribution in [0.1, 0.15) is 0 Å². The Balaban J connectivity index is 2.11. The maximum absolute atomic E-state index is 10.7. The molecule has 0 unspecified atom stereocenters. The second-order valence-corrected chi connectivity index (χ2v) is 5.84. The standard InChI is InChI=1S/C15H10ClN3O2S/c16-11-3-1-10(2-4-11)14-9-22-15(17)18(14)12-5-7-13(8-6-12)19(20)21/h1-9,17H. The van der Waals surface area contributed by atoms with E-state index in [2.05, 4.69) is 0 Å². The van der Waals surface area contributed by atoms with Gasteiger partial charge in [0.25, 0.3) is 5.69 Å². The number of nitro groups is 1. The highest BCUT2D eigenvalue weighted by Gasteiger charge is 2.11. The van der Waals surface area contributed by atoms with Crippen LogP contribution in [0.5, 0.6) is 0 Å². The molecular weight excluding hydrogens is 322 g/mol. The molecule has 0 bridgehead atoms. The van der Waals surface area contributed by atoms with E-state index < -0.39 is 4.92 Å². The van der Waals surface area contributed by atoms with Crippen LogP contribution in [-0.2, 0) is 0 Å². The number of aromatic nitrogens is 1. The van der Waals surface area contributed by atoms with Crippen molar-refractivity contribution in [1.29, 1.82) is 5.41 Å². The van der Waals surface area contributed by atoms with Crippen molar-refractivity contribution in [3.05, 3.63) is 73.8 Å². The van der Waals surface area contributed by atoms with E-state index in [4.69, 9.17) is 17.0 Å². The molecule has 22 heavy (non-hydrogen) atoms. The van der Waals surface area contributed by atoms with E-state index in [1.54, 1.807) is 28.8 Å². The van der Waals surface area contributed by atoms with Gasteiger partial charge in [0, 0.05) is 28.2 Å². The fourth-order valence-electron chi connectivity index (χ4n) is 2.12. The van der Waals surface area contributed by atoms with Crippen LogP contribution in [-0.4, -0.2) is 9.49 Å². The molecule has 3 aromatic rings. The number of hydrogen-bond acceptors (Lipinski definition) is 4. The van der Waals surface area contributed by atoms with Crippen LogP contribution >= 0.6 is 22.9 Å². The molecule has 0 radical (unpaired) electrons. The average Bonchev–Trinajstić information content (AvgIpc) is 2.90. The molecule has 0 amide bonds. The summed E-state index contributed by atoms with van der Waals surface area (Å²) in [4.78, 5) is 10.6. The molecule has 0 spiro atoms. The monoisotopic (exact) mass is 331 g/mol. The van der Waals surface area contributed by atoms with Gasteiger partial charge in [0.05, 0.1) is 10.6 Å². The second-order valence-electron chi connectivity index (χ2n) is 4.54. The maximum atomic E-state index is 10.7. The number of halogens is 1. The zero-order valence-electron chi connectivity index (χ0n) is 11.2. The largest absolute Gasteiger partial charge is 0.286 e. The third-order valence-electron chi connectivity index (χ3n) is 3.18. The molecule has 0 fully saturated rings. The molecule has 3 rings (SSSR count). The SMILES string of the molecule is N=c1scc(-c2ccc(Cl)cc2)n1-c1ccc([N+](=O)[O-])cc1. The highest BCUT2D eigenvalue weighted by Crippen LogP contribution is 2.25. The fraction of sp³-hybridized carbons (Fsp3) is 0. The number of nitrogens with one attached hydrogen (secondary N) is 1. The lowest BCUT2D eigenvalue weighted by Crippen LogP contribution is -2.12. The van der Waals surface area contributed by atoms with Gasteiger partial charge in [-0.25, -0.2) is 0 Å². The zero-order chi connectivity index (χ0) is 15.7. The molecule has 0 atom stereocenters. The Labute approximate surface area is 134 Å². The molecule has 110 valence electrons. The maximum Gasteiger partial charge on any atom is 0.269 e. The predicted molar refractivity (Wildman–Crippen MR) is 86.6 cm³/mol. The smallest absolute Gasteiger partial charge is 0.269 e. The molecule has 5 nitrogen and oxygen atoms in total. The summed E-state index contributed by atoms with van der Waals surface area (Å²) in [7, 11) is 0. The summed E-state index contributed by atoms with van der Waals surface area (Å²) >= 11 is 7.20. The number of nitrogens with zero attached hydrogens (tertiary/aromatic N) is 2. The lowest BCUT2D eigenvalue weighted by Gasteiger charge is -2.08. The summed E-state index contributed by atoms with van der Waals surface area (Å²) in [6.45, 7) is 0. The Morgan fingerprint density at radius 1 is 1.09 bits per heavy atom. The van der Waals surface area contributed by atoms with Crippen LogP contribution in [0.3, 0.4) is 0 Å². The number of thiazole rings is 1. The van der Waals surface area contributed by atoms with Crippen molar-refractivity contribution in [1.82, 2.24) is 4.57 Å². The number of nitro benzene ring substituents is 1. The van der Waals surface area contributed by atoms with Crippen molar-refractivity contribution in [2.24, 2.45) is 0 Å². The van der Waals surface area contributed by atoms with E-state index in [1.807, 2.05) is 17.5 Å². The van der Waals surface area contributed by atoms with Crippen LogP contribution in [0, 0.1) is 15.5 Å². The Kier molecular flexibility index (Phi) is 3.79. The molecule has 0 aliphatic rings. The van der Waals surface area contributed by atoms with Crippen molar-refractivity contribution in [3.63, 3.8) is 0 Å². The van der Waals surface area contributed by atoms with Crippen molar-refractivity contribution >= 4 is 28.6 Å². The Hall–Kier alpha value is -2.44. The van der Waals surface area contributed by atoms with Crippen molar-refractivity contribution in [2.45, 2.75) is 0 Å². The quantitative estimate of drug-likeness (QED) is 0.575. The van der Waals surface area contributed by atoms with Crippen molar-refractivity contribution in [3.8, 4) is 16.9 Å². The molecule has 0 aliphatic carbocycles. The first-order valence-corrected chi connectivity index (χ1v) is 7.58. The molecule has 0 saturated heterocycles. The third-order valence-corrected chi connectivity index (χ3v) is 4.18. The summed E-state index contributed by atoms with van der Waals surface area (Å²) < 4.78 is 1.75. The van der Waals surface area contributed by atoms with Gasteiger partial charge in [-0.3, -0.25) is 20.1 Å². The Morgan fingerprint density at radius 2 is 1.73 bits per heavy atom. The highest BCUT2D eigenvalue weighted by molar-refractivity contribution is 7.07. The van der Waals surface area contributed by atoms with E-state index in [0.29, 0.717) is 15.5 Å². The van der Waals surface area contributed by atoms with E-state index in [-0.39, 0.29) is 5.69 Å². The first-order chi connectivity index (χ1) is 10.6. The van der Waals surface area contributed by atoms with Crippen molar-refractivity contribution < 1.29 is 4.92 Å². The average molecular weight is 332 g/mol. The molecule has 2 aromatic carbocycles. The molecule has 0 aliphatic heterocycles. The van der Waals surface area contributed by atoms with E-state index >= 15 is 0 Å². The summed E-state index contributed by atoms with van der Waals surface area (Å²) in [5.74, 6) is 0. The summed E-state index contributed by atoms with van der Waals surface area (Å²) in [5.41, 5.74) is 2.51. The minimum absolute atomic E-state index is 0.0270. The van der Waals surface area contributed by atoms with E-state index in [0.717, 1.165) is 11.3 Å². The van der Waals surface area contributed by atoms with Gasteiger partial charge in [-0.1, -0.05) is 23.7 Å². The highest BCUT2D eigenvalue weighted by atomic mass is 35.5. The lowest BCUT2D eigenvalue weighted by atomic mass is 10.1. The lowest BCUT2D eigenvalue weighted by molar-refractivity contribution is -0.384. The van der Waals surface area contributed by atoms with Gasteiger partial charge in [-0.05, 0) is 29.8 Å². The van der Waals surface area contributed by atoms with Crippen LogP contribution in [0.15, 0.2) is 53.9 Å². The second kappa shape index (κ2) is 5.75. The van der Waals surface area contributed by atoms with Crippen LogP contribution in [0.25, 0.3) is 16.9 Å². The normalized spacial score (nSPS) is 10.6. The predicted octanol–water partition coefficient (Wildman–Crippen LogP) is 4.25. The fourth-order valence-corrected chi connectivity index (χ4v) is 3.02. The zero-order valence-corrected chi connectivity index (χ0v) is 12.8. The summed E-state index contributed by atoms with van der Waals surface area (Å²) in [5, 5.41) is 21.3. The van der Waals surface area contributed by atoms with Gasteiger partial charge in [-0.2, -0.15) is 0 Å². The third kappa shape index (κ3) is 2.66. The first kappa shape index (κ1) is 14.5. The van der Waals surface area contributed by atoms with E-state index in [9.17, 15) is 10.1 Å². The van der Waals surface area contributed by atoms with Crippen LogP contribution < -0.4 is 4.80 Å². The Bertz CT molecular complexity index is 882.